The maximum Gasteiger partial charge on any atom is 0.236 e. The summed E-state index contributed by atoms with van der Waals surface area (Å²) >= 11 is 2.73. The van der Waals surface area contributed by atoms with Crippen molar-refractivity contribution in [1.29, 1.82) is 0 Å². The van der Waals surface area contributed by atoms with Crippen molar-refractivity contribution < 1.29 is 4.79 Å². The third-order valence-electron chi connectivity index (χ3n) is 3.35. The average Bonchev–Trinajstić information content (AvgIpc) is 3.24. The van der Waals surface area contributed by atoms with Gasteiger partial charge >= 0.3 is 0 Å². The maximum atomic E-state index is 12.0. The third-order valence-corrected chi connectivity index (χ3v) is 5.00. The van der Waals surface area contributed by atoms with Crippen LogP contribution in [0.5, 0.6) is 0 Å². The van der Waals surface area contributed by atoms with Gasteiger partial charge < -0.3 is 5.32 Å². The molecule has 0 saturated carbocycles. The Hall–Kier alpha value is -2.45. The van der Waals surface area contributed by atoms with Gasteiger partial charge in [-0.05, 0) is 6.92 Å². The van der Waals surface area contributed by atoms with Crippen LogP contribution in [0.2, 0.25) is 0 Å². The quantitative estimate of drug-likeness (QED) is 0.507. The molecule has 0 fully saturated rings. The van der Waals surface area contributed by atoms with E-state index in [1.54, 1.807) is 12.3 Å². The van der Waals surface area contributed by atoms with E-state index in [9.17, 15) is 4.79 Å². The molecule has 2 heterocycles. The molecule has 0 radical (unpaired) electrons. The van der Waals surface area contributed by atoms with Crippen molar-refractivity contribution in [3.05, 3.63) is 54.1 Å². The Balaban J connectivity index is 1.73. The van der Waals surface area contributed by atoms with Crippen LogP contribution in [0.15, 0.2) is 53.7 Å². The molecule has 128 valence electrons. The fourth-order valence-corrected chi connectivity index (χ4v) is 3.47. The van der Waals surface area contributed by atoms with Crippen LogP contribution in [0.3, 0.4) is 0 Å². The van der Waals surface area contributed by atoms with Crippen LogP contribution in [-0.2, 0) is 11.3 Å². The molecule has 2 aromatic heterocycles. The Morgan fingerprint density at radius 2 is 2.16 bits per heavy atom. The highest BCUT2D eigenvalue weighted by atomic mass is 32.2. The van der Waals surface area contributed by atoms with Crippen LogP contribution in [0.4, 0.5) is 5.13 Å². The van der Waals surface area contributed by atoms with Gasteiger partial charge in [-0.1, -0.05) is 47.7 Å². The molecule has 0 unspecified atom stereocenters. The van der Waals surface area contributed by atoms with Crippen LogP contribution >= 0.6 is 23.1 Å². The van der Waals surface area contributed by atoms with Gasteiger partial charge in [-0.25, -0.2) is 4.98 Å². The number of aryl methyl sites for hydroxylation is 1. The molecule has 1 amide bonds. The summed E-state index contributed by atoms with van der Waals surface area (Å²) in [6.07, 6.45) is 3.45. The number of anilines is 1. The average molecular weight is 371 g/mol. The zero-order valence-corrected chi connectivity index (χ0v) is 15.3. The van der Waals surface area contributed by atoms with E-state index >= 15 is 0 Å². The summed E-state index contributed by atoms with van der Waals surface area (Å²) in [5.41, 5.74) is 2.17. The second kappa shape index (κ2) is 8.09. The fraction of sp³-hybridized carbons (Fsp3) is 0.176. The zero-order valence-electron chi connectivity index (χ0n) is 13.7. The second-order valence-electron chi connectivity index (χ2n) is 5.25. The molecule has 1 N–H and O–H groups in total. The lowest BCUT2D eigenvalue weighted by Crippen LogP contribution is -2.14. The number of nitrogens with one attached hydrogen (secondary N) is 1. The summed E-state index contributed by atoms with van der Waals surface area (Å²) in [5.74, 6) is 0.885. The molecule has 25 heavy (non-hydrogen) atoms. The standard InChI is InChI=1S/C17H17N5OS2/c1-3-9-22-15(13-6-4-12(2)5-7-13)20-21-17(22)25-11-14(23)19-16-18-8-10-24-16/h3-8,10H,1,9,11H2,2H3,(H,18,19,23). The number of nitrogens with zero attached hydrogens (tertiary/aromatic N) is 4. The number of allylic oxidation sites excluding steroid dienone is 1. The first-order chi connectivity index (χ1) is 12.2. The monoisotopic (exact) mass is 371 g/mol. The van der Waals surface area contributed by atoms with E-state index in [1.807, 2.05) is 41.1 Å². The van der Waals surface area contributed by atoms with Gasteiger partial charge in [-0.3, -0.25) is 9.36 Å². The molecule has 3 rings (SSSR count). The Kier molecular flexibility index (Phi) is 5.62. The molecule has 0 saturated heterocycles. The molecular formula is C17H17N5OS2. The van der Waals surface area contributed by atoms with Gasteiger partial charge in [0, 0.05) is 23.7 Å². The maximum absolute atomic E-state index is 12.0. The molecule has 0 bridgehead atoms. The van der Waals surface area contributed by atoms with E-state index in [0.717, 1.165) is 11.4 Å². The molecule has 0 atom stereocenters. The molecule has 8 heteroatoms. The molecule has 0 spiro atoms. The lowest BCUT2D eigenvalue weighted by molar-refractivity contribution is -0.113. The highest BCUT2D eigenvalue weighted by molar-refractivity contribution is 7.99. The summed E-state index contributed by atoms with van der Waals surface area (Å²) in [6.45, 7) is 6.42. The minimum absolute atomic E-state index is 0.120. The van der Waals surface area contributed by atoms with Crippen molar-refractivity contribution >= 4 is 34.1 Å². The number of aromatic nitrogens is 4. The number of hydrogen-bond acceptors (Lipinski definition) is 6. The minimum Gasteiger partial charge on any atom is -0.301 e. The third kappa shape index (κ3) is 4.34. The van der Waals surface area contributed by atoms with Crippen LogP contribution in [-0.4, -0.2) is 31.4 Å². The molecule has 3 aromatic rings. The van der Waals surface area contributed by atoms with Gasteiger partial charge in [0.05, 0.1) is 5.75 Å². The Morgan fingerprint density at radius 3 is 2.84 bits per heavy atom. The minimum atomic E-state index is -0.120. The van der Waals surface area contributed by atoms with E-state index in [2.05, 4.69) is 27.1 Å². The number of rotatable bonds is 7. The lowest BCUT2D eigenvalue weighted by atomic mass is 10.1. The summed E-state index contributed by atoms with van der Waals surface area (Å²) in [6, 6.07) is 8.11. The van der Waals surface area contributed by atoms with Gasteiger partial charge in [0.1, 0.15) is 0 Å². The number of thioether (sulfide) groups is 1. The highest BCUT2D eigenvalue weighted by Crippen LogP contribution is 2.24. The first kappa shape index (κ1) is 17.4. The molecule has 0 aliphatic heterocycles. The molecule has 0 aliphatic rings. The SMILES string of the molecule is C=CCn1c(SCC(=O)Nc2nccs2)nnc1-c1ccc(C)cc1. The number of benzene rings is 1. The summed E-state index contributed by atoms with van der Waals surface area (Å²) in [7, 11) is 0. The van der Waals surface area contributed by atoms with Gasteiger partial charge in [0.15, 0.2) is 16.1 Å². The Labute approximate surface area is 154 Å². The van der Waals surface area contributed by atoms with Crippen LogP contribution in [0, 0.1) is 6.92 Å². The molecule has 0 aliphatic carbocycles. The van der Waals surface area contributed by atoms with E-state index in [1.165, 1.54) is 28.7 Å². The number of carbonyl (C=O) groups excluding carboxylic acids is 1. The predicted octanol–water partition coefficient (Wildman–Crippen LogP) is 3.63. The van der Waals surface area contributed by atoms with Crippen molar-refractivity contribution in [2.24, 2.45) is 0 Å². The van der Waals surface area contributed by atoms with E-state index in [-0.39, 0.29) is 11.7 Å². The van der Waals surface area contributed by atoms with Gasteiger partial charge in [0.25, 0.3) is 0 Å². The van der Waals surface area contributed by atoms with Crippen molar-refractivity contribution in [1.82, 2.24) is 19.7 Å². The summed E-state index contributed by atoms with van der Waals surface area (Å²) < 4.78 is 1.96. The van der Waals surface area contributed by atoms with Gasteiger partial charge in [-0.2, -0.15) is 0 Å². The molecule has 1 aromatic carbocycles. The number of thiazole rings is 1. The van der Waals surface area contributed by atoms with E-state index < -0.39 is 0 Å². The highest BCUT2D eigenvalue weighted by Gasteiger charge is 2.15. The van der Waals surface area contributed by atoms with Gasteiger partial charge in [0.2, 0.25) is 5.91 Å². The number of carbonyl (C=O) groups is 1. The summed E-state index contributed by atoms with van der Waals surface area (Å²) in [4.78, 5) is 16.1. The number of hydrogen-bond donors (Lipinski definition) is 1. The molecule has 6 nitrogen and oxygen atoms in total. The Bertz CT molecular complexity index is 856. The van der Waals surface area contributed by atoms with Gasteiger partial charge in [-0.15, -0.1) is 28.1 Å². The fourth-order valence-electron chi connectivity index (χ4n) is 2.18. The molecular weight excluding hydrogens is 354 g/mol. The summed E-state index contributed by atoms with van der Waals surface area (Å²) in [5, 5.41) is 14.4. The largest absolute Gasteiger partial charge is 0.301 e. The first-order valence-corrected chi connectivity index (χ1v) is 9.47. The lowest BCUT2D eigenvalue weighted by Gasteiger charge is -2.08. The van der Waals surface area contributed by atoms with Crippen molar-refractivity contribution in [2.45, 2.75) is 18.6 Å². The predicted molar refractivity (Wildman–Crippen MR) is 102 cm³/mol. The van der Waals surface area contributed by atoms with Crippen LogP contribution in [0.25, 0.3) is 11.4 Å². The number of amides is 1. The van der Waals surface area contributed by atoms with Crippen molar-refractivity contribution in [3.63, 3.8) is 0 Å². The topological polar surface area (TPSA) is 72.7 Å². The van der Waals surface area contributed by atoms with E-state index in [0.29, 0.717) is 16.8 Å². The normalized spacial score (nSPS) is 10.6. The van der Waals surface area contributed by atoms with Crippen molar-refractivity contribution in [2.75, 3.05) is 11.1 Å². The zero-order chi connectivity index (χ0) is 17.6. The smallest absolute Gasteiger partial charge is 0.236 e. The first-order valence-electron chi connectivity index (χ1n) is 7.60. The van der Waals surface area contributed by atoms with Crippen LogP contribution < -0.4 is 5.32 Å². The second-order valence-corrected chi connectivity index (χ2v) is 7.08. The van der Waals surface area contributed by atoms with E-state index in [4.69, 9.17) is 0 Å². The van der Waals surface area contributed by atoms with Crippen molar-refractivity contribution in [3.8, 4) is 11.4 Å². The van der Waals surface area contributed by atoms with Crippen LogP contribution in [0.1, 0.15) is 5.56 Å². The Morgan fingerprint density at radius 1 is 1.36 bits per heavy atom.